The van der Waals surface area contributed by atoms with E-state index < -0.39 is 0 Å². The van der Waals surface area contributed by atoms with Gasteiger partial charge in [-0.25, -0.2) is 0 Å². The summed E-state index contributed by atoms with van der Waals surface area (Å²) in [6.45, 7) is 3.66. The normalized spacial score (nSPS) is 22.6. The van der Waals surface area contributed by atoms with Gasteiger partial charge in [-0.15, -0.1) is 0 Å². The van der Waals surface area contributed by atoms with Gasteiger partial charge in [-0.1, -0.05) is 6.07 Å². The van der Waals surface area contributed by atoms with Crippen molar-refractivity contribution in [2.24, 2.45) is 0 Å². The van der Waals surface area contributed by atoms with Gasteiger partial charge in [0.2, 0.25) is 0 Å². The van der Waals surface area contributed by atoms with Gasteiger partial charge in [-0.2, -0.15) is 0 Å². The number of likely N-dealkylation sites (N-methyl/N-ethyl adjacent to an activating group) is 1. The van der Waals surface area contributed by atoms with E-state index in [2.05, 4.69) is 47.1 Å². The predicted molar refractivity (Wildman–Crippen MR) is 92.3 cm³/mol. The van der Waals surface area contributed by atoms with Crippen LogP contribution in [0.2, 0.25) is 0 Å². The summed E-state index contributed by atoms with van der Waals surface area (Å²) in [5, 5.41) is 1.47. The Bertz CT molecular complexity index is 665. The molecular weight excluding hydrogens is 270 g/mol. The molecule has 2 aliphatic rings. The van der Waals surface area contributed by atoms with Crippen LogP contribution >= 0.6 is 0 Å². The van der Waals surface area contributed by atoms with E-state index in [-0.39, 0.29) is 0 Å². The molecule has 0 spiro atoms. The topological polar surface area (TPSA) is 22.3 Å². The molecule has 0 saturated carbocycles. The van der Waals surface area contributed by atoms with Crippen molar-refractivity contribution in [2.75, 3.05) is 27.2 Å². The first-order chi connectivity index (χ1) is 10.7. The number of nitrogens with zero attached hydrogens (tertiary/aromatic N) is 2. The number of aryl methyl sites for hydroxylation is 1. The summed E-state index contributed by atoms with van der Waals surface area (Å²) in [6.07, 6.45) is 6.38. The minimum Gasteiger partial charge on any atom is -0.358 e. The van der Waals surface area contributed by atoms with Gasteiger partial charge in [0.15, 0.2) is 0 Å². The van der Waals surface area contributed by atoms with Gasteiger partial charge in [0.05, 0.1) is 0 Å². The van der Waals surface area contributed by atoms with E-state index in [9.17, 15) is 0 Å². The molecule has 4 rings (SSSR count). The number of hydrogen-bond donors (Lipinski definition) is 1. The van der Waals surface area contributed by atoms with E-state index in [1.165, 1.54) is 67.4 Å². The van der Waals surface area contributed by atoms with Crippen LogP contribution < -0.4 is 0 Å². The molecule has 1 saturated heterocycles. The van der Waals surface area contributed by atoms with Gasteiger partial charge < -0.3 is 9.88 Å². The lowest BCUT2D eigenvalue weighted by Gasteiger charge is -2.28. The lowest BCUT2D eigenvalue weighted by molar-refractivity contribution is 0.268. The highest BCUT2D eigenvalue weighted by Gasteiger charge is 2.24. The van der Waals surface area contributed by atoms with Crippen LogP contribution in [0, 0.1) is 0 Å². The van der Waals surface area contributed by atoms with E-state index >= 15 is 0 Å². The maximum absolute atomic E-state index is 3.66. The summed E-state index contributed by atoms with van der Waals surface area (Å²) >= 11 is 0. The minimum absolute atomic E-state index is 0.689. The Labute approximate surface area is 133 Å². The van der Waals surface area contributed by atoms with Gasteiger partial charge in [0.1, 0.15) is 0 Å². The third kappa shape index (κ3) is 2.57. The molecule has 1 aromatic heterocycles. The van der Waals surface area contributed by atoms with Crippen molar-refractivity contribution < 1.29 is 0 Å². The van der Waals surface area contributed by atoms with Crippen LogP contribution in [0.1, 0.15) is 36.1 Å². The SMILES string of the molecule is CN(C)C1CCc2[nH]c3ccc(CN4CCCC4)cc3c2C1. The summed E-state index contributed by atoms with van der Waals surface area (Å²) in [4.78, 5) is 8.64. The van der Waals surface area contributed by atoms with Gasteiger partial charge in [-0.05, 0) is 82.5 Å². The summed E-state index contributed by atoms with van der Waals surface area (Å²) in [5.74, 6) is 0. The standard InChI is InChI=1S/C19H27N3/c1-21(2)15-6-8-19-17(12-15)16-11-14(5-7-18(16)20-19)13-22-9-3-4-10-22/h5,7,11,15,20H,3-4,6,8-10,12-13H2,1-2H3. The average Bonchev–Trinajstić information content (AvgIpc) is 3.13. The predicted octanol–water partition coefficient (Wildman–Crippen LogP) is 3.18. The number of H-pyrrole nitrogens is 1. The van der Waals surface area contributed by atoms with Crippen LogP contribution in [0.5, 0.6) is 0 Å². The maximum atomic E-state index is 3.66. The molecule has 1 fully saturated rings. The van der Waals surface area contributed by atoms with Crippen LogP contribution in [-0.4, -0.2) is 48.0 Å². The summed E-state index contributed by atoms with van der Waals surface area (Å²) in [5.41, 5.74) is 5.85. The molecule has 1 atom stereocenters. The van der Waals surface area contributed by atoms with Crippen LogP contribution in [-0.2, 0) is 19.4 Å². The smallest absolute Gasteiger partial charge is 0.0459 e. The molecular formula is C19H27N3. The second-order valence-electron chi connectivity index (χ2n) is 7.31. The van der Waals surface area contributed by atoms with Crippen molar-refractivity contribution >= 4 is 10.9 Å². The zero-order chi connectivity index (χ0) is 15.1. The van der Waals surface area contributed by atoms with E-state index in [0.717, 1.165) is 6.54 Å². The van der Waals surface area contributed by atoms with E-state index in [1.807, 2.05) is 0 Å². The molecule has 1 aliphatic heterocycles. The number of benzene rings is 1. The Balaban J connectivity index is 1.65. The fourth-order valence-corrected chi connectivity index (χ4v) is 4.18. The fourth-order valence-electron chi connectivity index (χ4n) is 4.18. The zero-order valence-corrected chi connectivity index (χ0v) is 13.9. The highest BCUT2D eigenvalue weighted by Crippen LogP contribution is 2.31. The van der Waals surface area contributed by atoms with Crippen LogP contribution in [0.25, 0.3) is 10.9 Å². The third-order valence-corrected chi connectivity index (χ3v) is 5.56. The number of rotatable bonds is 3. The molecule has 3 nitrogen and oxygen atoms in total. The van der Waals surface area contributed by atoms with Gasteiger partial charge in [0.25, 0.3) is 0 Å². The number of aromatic nitrogens is 1. The molecule has 0 radical (unpaired) electrons. The average molecular weight is 297 g/mol. The molecule has 1 aliphatic carbocycles. The largest absolute Gasteiger partial charge is 0.358 e. The second kappa shape index (κ2) is 5.71. The molecule has 1 unspecified atom stereocenters. The lowest BCUT2D eigenvalue weighted by atomic mass is 9.90. The Morgan fingerprint density at radius 1 is 1.23 bits per heavy atom. The van der Waals surface area contributed by atoms with Crippen molar-refractivity contribution in [3.05, 3.63) is 35.0 Å². The fraction of sp³-hybridized carbons (Fsp3) is 0.579. The third-order valence-electron chi connectivity index (χ3n) is 5.56. The molecule has 2 aromatic rings. The first kappa shape index (κ1) is 14.3. The maximum Gasteiger partial charge on any atom is 0.0459 e. The molecule has 22 heavy (non-hydrogen) atoms. The number of likely N-dealkylation sites (tertiary alicyclic amines) is 1. The zero-order valence-electron chi connectivity index (χ0n) is 13.9. The Morgan fingerprint density at radius 2 is 2.05 bits per heavy atom. The van der Waals surface area contributed by atoms with Crippen LogP contribution in [0.3, 0.4) is 0 Å². The Hall–Kier alpha value is -1.32. The monoisotopic (exact) mass is 297 g/mol. The van der Waals surface area contributed by atoms with Crippen molar-refractivity contribution in [3.8, 4) is 0 Å². The molecule has 0 amide bonds. The number of nitrogens with one attached hydrogen (secondary N) is 1. The summed E-state index contributed by atoms with van der Waals surface area (Å²) in [7, 11) is 4.42. The summed E-state index contributed by atoms with van der Waals surface area (Å²) < 4.78 is 0. The summed E-state index contributed by atoms with van der Waals surface area (Å²) in [6, 6.07) is 7.74. The van der Waals surface area contributed by atoms with Crippen molar-refractivity contribution in [1.82, 2.24) is 14.8 Å². The Kier molecular flexibility index (Phi) is 3.71. The first-order valence-electron chi connectivity index (χ1n) is 8.72. The van der Waals surface area contributed by atoms with Gasteiger partial charge >= 0.3 is 0 Å². The van der Waals surface area contributed by atoms with Gasteiger partial charge in [-0.3, -0.25) is 4.90 Å². The number of hydrogen-bond acceptors (Lipinski definition) is 2. The molecule has 1 aromatic carbocycles. The van der Waals surface area contributed by atoms with E-state index in [0.29, 0.717) is 6.04 Å². The van der Waals surface area contributed by atoms with E-state index in [4.69, 9.17) is 0 Å². The second-order valence-corrected chi connectivity index (χ2v) is 7.31. The van der Waals surface area contributed by atoms with Crippen molar-refractivity contribution in [2.45, 2.75) is 44.7 Å². The molecule has 2 heterocycles. The Morgan fingerprint density at radius 3 is 2.82 bits per heavy atom. The van der Waals surface area contributed by atoms with Crippen molar-refractivity contribution in [3.63, 3.8) is 0 Å². The molecule has 118 valence electrons. The first-order valence-corrected chi connectivity index (χ1v) is 8.72. The van der Waals surface area contributed by atoms with Crippen LogP contribution in [0.4, 0.5) is 0 Å². The quantitative estimate of drug-likeness (QED) is 0.940. The van der Waals surface area contributed by atoms with Crippen LogP contribution in [0.15, 0.2) is 18.2 Å². The highest BCUT2D eigenvalue weighted by atomic mass is 15.1. The molecule has 0 bridgehead atoms. The number of aromatic amines is 1. The molecule has 1 N–H and O–H groups in total. The molecule has 3 heteroatoms. The van der Waals surface area contributed by atoms with E-state index in [1.54, 1.807) is 5.56 Å². The lowest BCUT2D eigenvalue weighted by Crippen LogP contribution is -2.33. The highest BCUT2D eigenvalue weighted by molar-refractivity contribution is 5.85. The minimum atomic E-state index is 0.689. The van der Waals surface area contributed by atoms with Gasteiger partial charge in [0, 0.05) is 29.2 Å². The number of fused-ring (bicyclic) bond motifs is 3. The van der Waals surface area contributed by atoms with Crippen molar-refractivity contribution in [1.29, 1.82) is 0 Å².